The van der Waals surface area contributed by atoms with Gasteiger partial charge in [0.15, 0.2) is 0 Å². The van der Waals surface area contributed by atoms with Crippen molar-refractivity contribution < 1.29 is 9.47 Å². The Morgan fingerprint density at radius 1 is 1.42 bits per heavy atom. The highest BCUT2D eigenvalue weighted by atomic mass is 16.5. The maximum absolute atomic E-state index is 5.22. The number of methoxy groups -OCH3 is 1. The summed E-state index contributed by atoms with van der Waals surface area (Å²) in [6, 6.07) is 0. The molecule has 0 aromatic heterocycles. The van der Waals surface area contributed by atoms with E-state index in [0.717, 1.165) is 19.6 Å². The maximum atomic E-state index is 5.22. The number of rotatable bonds is 1. The van der Waals surface area contributed by atoms with Gasteiger partial charge >= 0.3 is 0 Å². The lowest BCUT2D eigenvalue weighted by Crippen LogP contribution is -2.31. The van der Waals surface area contributed by atoms with Crippen LogP contribution in [-0.4, -0.2) is 26.4 Å². The molecule has 0 aliphatic carbocycles. The SMILES string of the molecule is CCC.COC1COCCC1C. The van der Waals surface area contributed by atoms with Gasteiger partial charge in [-0.15, -0.1) is 0 Å². The van der Waals surface area contributed by atoms with Crippen molar-refractivity contribution in [2.24, 2.45) is 5.92 Å². The summed E-state index contributed by atoms with van der Waals surface area (Å²) >= 11 is 0. The maximum Gasteiger partial charge on any atom is 0.0830 e. The molecule has 1 fully saturated rings. The molecule has 0 spiro atoms. The van der Waals surface area contributed by atoms with Gasteiger partial charge in [-0.3, -0.25) is 0 Å². The van der Waals surface area contributed by atoms with Gasteiger partial charge in [0.05, 0.1) is 12.7 Å². The lowest BCUT2D eigenvalue weighted by Gasteiger charge is -2.27. The fraction of sp³-hybridized carbons (Fsp3) is 1.00. The van der Waals surface area contributed by atoms with E-state index in [4.69, 9.17) is 9.47 Å². The molecule has 2 atom stereocenters. The molecule has 0 aromatic carbocycles. The summed E-state index contributed by atoms with van der Waals surface area (Å²) < 4.78 is 10.4. The molecule has 1 aliphatic heterocycles. The first-order valence-corrected chi connectivity index (χ1v) is 4.86. The minimum Gasteiger partial charge on any atom is -0.379 e. The molecule has 1 heterocycles. The molecule has 74 valence electrons. The van der Waals surface area contributed by atoms with Crippen molar-refractivity contribution in [3.8, 4) is 0 Å². The zero-order valence-electron chi connectivity index (χ0n) is 8.80. The van der Waals surface area contributed by atoms with Crippen LogP contribution in [-0.2, 0) is 9.47 Å². The lowest BCUT2D eigenvalue weighted by molar-refractivity contribution is -0.0600. The van der Waals surface area contributed by atoms with E-state index in [9.17, 15) is 0 Å². The summed E-state index contributed by atoms with van der Waals surface area (Å²) in [5, 5.41) is 0. The molecule has 2 heteroatoms. The summed E-state index contributed by atoms with van der Waals surface area (Å²) in [4.78, 5) is 0. The zero-order chi connectivity index (χ0) is 9.40. The van der Waals surface area contributed by atoms with Crippen molar-refractivity contribution in [2.45, 2.75) is 39.7 Å². The van der Waals surface area contributed by atoms with Crippen LogP contribution in [0, 0.1) is 5.92 Å². The van der Waals surface area contributed by atoms with Crippen LogP contribution in [0.3, 0.4) is 0 Å². The van der Waals surface area contributed by atoms with E-state index in [0.29, 0.717) is 12.0 Å². The third-order valence-electron chi connectivity index (χ3n) is 1.94. The quantitative estimate of drug-likeness (QED) is 0.608. The highest BCUT2D eigenvalue weighted by molar-refractivity contribution is 4.69. The van der Waals surface area contributed by atoms with Crippen LogP contribution in [0.5, 0.6) is 0 Å². The smallest absolute Gasteiger partial charge is 0.0830 e. The fourth-order valence-electron chi connectivity index (χ4n) is 1.12. The first-order valence-electron chi connectivity index (χ1n) is 4.86. The standard InChI is InChI=1S/C7H14O2.C3H8/c1-6-3-4-9-5-7(6)8-2;1-3-2/h6-7H,3-5H2,1-2H3;3H2,1-2H3. The predicted octanol–water partition coefficient (Wildman–Crippen LogP) is 2.47. The van der Waals surface area contributed by atoms with Gasteiger partial charge in [0.1, 0.15) is 0 Å². The van der Waals surface area contributed by atoms with E-state index < -0.39 is 0 Å². The highest BCUT2D eigenvalue weighted by Crippen LogP contribution is 2.16. The molecule has 0 N–H and O–H groups in total. The molecule has 1 aliphatic rings. The summed E-state index contributed by atoms with van der Waals surface area (Å²) in [5.74, 6) is 0.670. The largest absolute Gasteiger partial charge is 0.379 e. The number of hydrogen-bond donors (Lipinski definition) is 0. The second-order valence-electron chi connectivity index (χ2n) is 3.32. The molecule has 2 unspecified atom stereocenters. The van der Waals surface area contributed by atoms with Crippen molar-refractivity contribution in [3.63, 3.8) is 0 Å². The Kier molecular flexibility index (Phi) is 7.51. The summed E-state index contributed by atoms with van der Waals surface area (Å²) in [7, 11) is 1.75. The van der Waals surface area contributed by atoms with Crippen molar-refractivity contribution in [1.29, 1.82) is 0 Å². The molecule has 0 radical (unpaired) electrons. The molecule has 0 bridgehead atoms. The lowest BCUT2D eigenvalue weighted by atomic mass is 10.00. The Morgan fingerprint density at radius 2 is 2.00 bits per heavy atom. The van der Waals surface area contributed by atoms with Gasteiger partial charge in [0.25, 0.3) is 0 Å². The fourth-order valence-corrected chi connectivity index (χ4v) is 1.12. The Morgan fingerprint density at radius 3 is 2.33 bits per heavy atom. The topological polar surface area (TPSA) is 18.5 Å². The molecule has 0 amide bonds. The minimum absolute atomic E-state index is 0.332. The molecule has 2 nitrogen and oxygen atoms in total. The summed E-state index contributed by atoms with van der Waals surface area (Å²) in [5.41, 5.74) is 0. The van der Waals surface area contributed by atoms with Crippen LogP contribution in [0.2, 0.25) is 0 Å². The molecule has 0 aromatic rings. The van der Waals surface area contributed by atoms with E-state index in [2.05, 4.69) is 20.8 Å². The van der Waals surface area contributed by atoms with Crippen LogP contribution in [0.25, 0.3) is 0 Å². The normalized spacial score (nSPS) is 29.0. The first-order chi connectivity index (χ1) is 5.76. The molecule has 0 saturated carbocycles. The summed E-state index contributed by atoms with van der Waals surface area (Å²) in [6.07, 6.45) is 2.72. The van der Waals surface area contributed by atoms with Crippen LogP contribution < -0.4 is 0 Å². The van der Waals surface area contributed by atoms with E-state index >= 15 is 0 Å². The zero-order valence-corrected chi connectivity index (χ0v) is 8.80. The van der Waals surface area contributed by atoms with E-state index in [1.165, 1.54) is 6.42 Å². The predicted molar refractivity (Wildman–Crippen MR) is 51.4 cm³/mol. The van der Waals surface area contributed by atoms with Crippen LogP contribution in [0.4, 0.5) is 0 Å². The Balaban J connectivity index is 0.000000354. The summed E-state index contributed by atoms with van der Waals surface area (Å²) in [6.45, 7) is 8.13. The van der Waals surface area contributed by atoms with Gasteiger partial charge in [-0.25, -0.2) is 0 Å². The second kappa shape index (κ2) is 7.56. The monoisotopic (exact) mass is 174 g/mol. The van der Waals surface area contributed by atoms with E-state index in [1.807, 2.05) is 0 Å². The molecule has 1 rings (SSSR count). The number of hydrogen-bond acceptors (Lipinski definition) is 2. The Labute approximate surface area is 76.3 Å². The van der Waals surface area contributed by atoms with Crippen LogP contribution in [0.15, 0.2) is 0 Å². The molecule has 12 heavy (non-hydrogen) atoms. The molecule has 1 saturated heterocycles. The number of ether oxygens (including phenoxy) is 2. The van der Waals surface area contributed by atoms with Crippen molar-refractivity contribution in [2.75, 3.05) is 20.3 Å². The molecular formula is C10H22O2. The van der Waals surface area contributed by atoms with Gasteiger partial charge < -0.3 is 9.47 Å². The van der Waals surface area contributed by atoms with Gasteiger partial charge in [-0.2, -0.15) is 0 Å². The third kappa shape index (κ3) is 4.73. The minimum atomic E-state index is 0.332. The average Bonchev–Trinajstić information content (AvgIpc) is 2.07. The second-order valence-corrected chi connectivity index (χ2v) is 3.32. The van der Waals surface area contributed by atoms with Gasteiger partial charge in [-0.05, 0) is 12.3 Å². The van der Waals surface area contributed by atoms with Gasteiger partial charge in [0.2, 0.25) is 0 Å². The van der Waals surface area contributed by atoms with Crippen molar-refractivity contribution in [1.82, 2.24) is 0 Å². The van der Waals surface area contributed by atoms with Crippen molar-refractivity contribution in [3.05, 3.63) is 0 Å². The van der Waals surface area contributed by atoms with Crippen LogP contribution in [0.1, 0.15) is 33.6 Å². The van der Waals surface area contributed by atoms with Gasteiger partial charge in [0, 0.05) is 13.7 Å². The highest BCUT2D eigenvalue weighted by Gasteiger charge is 2.20. The molecular weight excluding hydrogens is 152 g/mol. The van der Waals surface area contributed by atoms with E-state index in [1.54, 1.807) is 7.11 Å². The van der Waals surface area contributed by atoms with Crippen LogP contribution >= 0.6 is 0 Å². The Bertz CT molecular complexity index is 93.8. The first kappa shape index (κ1) is 11.9. The van der Waals surface area contributed by atoms with Gasteiger partial charge in [-0.1, -0.05) is 27.2 Å². The average molecular weight is 174 g/mol. The third-order valence-corrected chi connectivity index (χ3v) is 1.94. The Hall–Kier alpha value is -0.0800. The van der Waals surface area contributed by atoms with E-state index in [-0.39, 0.29) is 0 Å². The van der Waals surface area contributed by atoms with Crippen molar-refractivity contribution >= 4 is 0 Å².